The average Bonchev–Trinajstić information content (AvgIpc) is 2.44. The lowest BCUT2D eigenvalue weighted by Gasteiger charge is -2.05. The number of carbonyl (C=O) groups excluding carboxylic acids is 1. The van der Waals surface area contributed by atoms with E-state index in [-0.39, 0.29) is 12.3 Å². The highest BCUT2D eigenvalue weighted by Crippen LogP contribution is 2.12. The van der Waals surface area contributed by atoms with Crippen molar-refractivity contribution in [1.29, 1.82) is 0 Å². The number of carboxylic acid groups (broad SMARTS) is 1. The Morgan fingerprint density at radius 3 is 2.57 bits per heavy atom. The zero-order valence-corrected chi connectivity index (χ0v) is 13.7. The van der Waals surface area contributed by atoms with Gasteiger partial charge in [-0.15, -0.1) is 0 Å². The van der Waals surface area contributed by atoms with Crippen LogP contribution in [0, 0.1) is 0 Å². The summed E-state index contributed by atoms with van der Waals surface area (Å²) < 4.78 is 1.03. The van der Waals surface area contributed by atoms with Gasteiger partial charge in [0.15, 0.2) is 0 Å². The molecule has 0 spiro atoms. The molecule has 0 unspecified atom stereocenters. The Bertz CT molecular complexity index is 463. The van der Waals surface area contributed by atoms with E-state index in [9.17, 15) is 9.59 Å². The molecule has 2 N–H and O–H groups in total. The van der Waals surface area contributed by atoms with Gasteiger partial charge in [-0.3, -0.25) is 9.59 Å². The number of nitrogens with one attached hydrogen (secondary N) is 1. The van der Waals surface area contributed by atoms with Gasteiger partial charge in [-0.1, -0.05) is 40.9 Å². The van der Waals surface area contributed by atoms with Crippen molar-refractivity contribution in [3.63, 3.8) is 0 Å². The molecule has 4 nitrogen and oxygen atoms in total. The average molecular weight is 356 g/mol. The Morgan fingerprint density at radius 2 is 1.86 bits per heavy atom. The van der Waals surface area contributed by atoms with E-state index in [4.69, 9.17) is 5.11 Å². The number of unbranched alkanes of at least 4 members (excludes halogenated alkanes) is 3. The van der Waals surface area contributed by atoms with E-state index in [1.165, 1.54) is 0 Å². The molecule has 0 aliphatic carbocycles. The molecule has 0 saturated carbocycles. The van der Waals surface area contributed by atoms with Crippen molar-refractivity contribution in [2.75, 3.05) is 6.54 Å². The Hall–Kier alpha value is -1.36. The van der Waals surface area contributed by atoms with Crippen LogP contribution in [0.2, 0.25) is 0 Å². The fourth-order valence-electron chi connectivity index (χ4n) is 2.02. The lowest BCUT2D eigenvalue weighted by molar-refractivity contribution is -0.137. The maximum atomic E-state index is 11.7. The fourth-order valence-corrected chi connectivity index (χ4v) is 2.47. The first-order chi connectivity index (χ1) is 10.1. The summed E-state index contributed by atoms with van der Waals surface area (Å²) >= 11 is 3.41. The van der Waals surface area contributed by atoms with Gasteiger partial charge in [0.2, 0.25) is 5.91 Å². The first kappa shape index (κ1) is 17.7. The number of carbonyl (C=O) groups is 2. The summed E-state index contributed by atoms with van der Waals surface area (Å²) in [6, 6.07) is 7.97. The largest absolute Gasteiger partial charge is 0.481 e. The normalized spacial score (nSPS) is 10.3. The second kappa shape index (κ2) is 10.4. The molecule has 116 valence electrons. The van der Waals surface area contributed by atoms with Crippen molar-refractivity contribution >= 4 is 27.8 Å². The molecule has 0 bridgehead atoms. The first-order valence-corrected chi connectivity index (χ1v) is 8.10. The number of hydrogen-bond acceptors (Lipinski definition) is 2. The highest BCUT2D eigenvalue weighted by atomic mass is 79.9. The molecular weight excluding hydrogens is 334 g/mol. The second-order valence-corrected chi connectivity index (χ2v) is 5.95. The third kappa shape index (κ3) is 9.24. The van der Waals surface area contributed by atoms with Crippen molar-refractivity contribution < 1.29 is 14.7 Å². The van der Waals surface area contributed by atoms with Gasteiger partial charge in [-0.25, -0.2) is 0 Å². The SMILES string of the molecule is O=C(O)CCCCCCNC(=O)CCc1cccc(Br)c1. The second-order valence-electron chi connectivity index (χ2n) is 5.04. The van der Waals surface area contributed by atoms with Crippen LogP contribution in [-0.4, -0.2) is 23.5 Å². The number of carboxylic acids is 1. The number of hydrogen-bond donors (Lipinski definition) is 2. The number of benzene rings is 1. The third-order valence-corrected chi connectivity index (χ3v) is 3.66. The highest BCUT2D eigenvalue weighted by Gasteiger charge is 2.02. The van der Waals surface area contributed by atoms with Gasteiger partial charge >= 0.3 is 5.97 Å². The van der Waals surface area contributed by atoms with Crippen molar-refractivity contribution in [1.82, 2.24) is 5.32 Å². The number of halogens is 1. The van der Waals surface area contributed by atoms with Crippen LogP contribution in [0.25, 0.3) is 0 Å². The van der Waals surface area contributed by atoms with E-state index in [2.05, 4.69) is 21.2 Å². The van der Waals surface area contributed by atoms with Crippen LogP contribution in [-0.2, 0) is 16.0 Å². The maximum Gasteiger partial charge on any atom is 0.303 e. The van der Waals surface area contributed by atoms with E-state index in [0.717, 1.165) is 35.7 Å². The minimum atomic E-state index is -0.740. The Morgan fingerprint density at radius 1 is 1.10 bits per heavy atom. The topological polar surface area (TPSA) is 66.4 Å². The van der Waals surface area contributed by atoms with Gasteiger partial charge in [0.25, 0.3) is 0 Å². The Balaban J connectivity index is 2.03. The van der Waals surface area contributed by atoms with E-state index in [1.807, 2.05) is 24.3 Å². The smallest absolute Gasteiger partial charge is 0.303 e. The van der Waals surface area contributed by atoms with Gasteiger partial charge in [-0.05, 0) is 37.0 Å². The predicted octanol–water partition coefficient (Wildman–Crippen LogP) is 3.53. The van der Waals surface area contributed by atoms with Crippen molar-refractivity contribution in [2.24, 2.45) is 0 Å². The lowest BCUT2D eigenvalue weighted by atomic mass is 10.1. The minimum absolute atomic E-state index is 0.0699. The molecule has 0 radical (unpaired) electrons. The third-order valence-electron chi connectivity index (χ3n) is 3.17. The summed E-state index contributed by atoms with van der Waals surface area (Å²) in [6.07, 6.45) is 4.95. The van der Waals surface area contributed by atoms with Gasteiger partial charge in [-0.2, -0.15) is 0 Å². The molecule has 1 aromatic rings. The summed E-state index contributed by atoms with van der Waals surface area (Å²) in [5.74, 6) is -0.670. The summed E-state index contributed by atoms with van der Waals surface area (Å²) in [5.41, 5.74) is 1.15. The van der Waals surface area contributed by atoms with Crippen LogP contribution in [0.4, 0.5) is 0 Å². The van der Waals surface area contributed by atoms with Crippen LogP contribution >= 0.6 is 15.9 Å². The molecule has 1 aromatic carbocycles. The molecule has 1 amide bonds. The van der Waals surface area contributed by atoms with E-state index < -0.39 is 5.97 Å². The van der Waals surface area contributed by atoms with Gasteiger partial charge in [0.05, 0.1) is 0 Å². The zero-order valence-electron chi connectivity index (χ0n) is 12.1. The maximum absolute atomic E-state index is 11.7. The van der Waals surface area contributed by atoms with Crippen LogP contribution in [0.3, 0.4) is 0 Å². The highest BCUT2D eigenvalue weighted by molar-refractivity contribution is 9.10. The summed E-state index contributed by atoms with van der Waals surface area (Å²) in [4.78, 5) is 22.0. The zero-order chi connectivity index (χ0) is 15.5. The fraction of sp³-hybridized carbons (Fsp3) is 0.500. The standard InChI is InChI=1S/C16H22BrNO3/c17-14-7-5-6-13(12-14)9-10-15(19)18-11-4-2-1-3-8-16(20)21/h5-7,12H,1-4,8-11H2,(H,18,19)(H,20,21). The summed E-state index contributed by atoms with van der Waals surface area (Å²) in [5, 5.41) is 11.4. The first-order valence-electron chi connectivity index (χ1n) is 7.31. The number of rotatable bonds is 10. The van der Waals surface area contributed by atoms with Crippen LogP contribution in [0.1, 0.15) is 44.1 Å². The molecule has 21 heavy (non-hydrogen) atoms. The minimum Gasteiger partial charge on any atom is -0.481 e. The van der Waals surface area contributed by atoms with Gasteiger partial charge < -0.3 is 10.4 Å². The molecule has 1 rings (SSSR count). The van der Waals surface area contributed by atoms with Gasteiger partial charge in [0.1, 0.15) is 0 Å². The number of aliphatic carboxylic acids is 1. The van der Waals surface area contributed by atoms with Crippen molar-refractivity contribution in [3.05, 3.63) is 34.3 Å². The summed E-state index contributed by atoms with van der Waals surface area (Å²) in [7, 11) is 0. The van der Waals surface area contributed by atoms with Crippen molar-refractivity contribution in [3.8, 4) is 0 Å². The quantitative estimate of drug-likeness (QED) is 0.631. The molecule has 5 heteroatoms. The number of aryl methyl sites for hydroxylation is 1. The van der Waals surface area contributed by atoms with E-state index in [0.29, 0.717) is 19.4 Å². The van der Waals surface area contributed by atoms with E-state index in [1.54, 1.807) is 0 Å². The Labute approximate surface area is 134 Å². The molecule has 0 atom stereocenters. The van der Waals surface area contributed by atoms with Crippen LogP contribution in [0.5, 0.6) is 0 Å². The van der Waals surface area contributed by atoms with Crippen LogP contribution in [0.15, 0.2) is 28.7 Å². The lowest BCUT2D eigenvalue weighted by Crippen LogP contribution is -2.24. The molecule has 0 heterocycles. The predicted molar refractivity (Wildman–Crippen MR) is 86.2 cm³/mol. The molecule has 0 fully saturated rings. The van der Waals surface area contributed by atoms with Crippen molar-refractivity contribution in [2.45, 2.75) is 44.9 Å². The van der Waals surface area contributed by atoms with Crippen LogP contribution < -0.4 is 5.32 Å². The molecular formula is C16H22BrNO3. The molecule has 0 aliphatic rings. The molecule has 0 aromatic heterocycles. The molecule has 0 aliphatic heterocycles. The van der Waals surface area contributed by atoms with E-state index >= 15 is 0 Å². The Kier molecular flexibility index (Phi) is 8.74. The van der Waals surface area contributed by atoms with Gasteiger partial charge in [0, 0.05) is 23.9 Å². The summed E-state index contributed by atoms with van der Waals surface area (Å²) in [6.45, 7) is 0.671. The monoisotopic (exact) mass is 355 g/mol. The molecule has 0 saturated heterocycles. The number of amides is 1.